The topological polar surface area (TPSA) is 41.5 Å². The SMILES string of the molecule is COc1ccc(N[C@H](c2ccccc2)[C@H](O)c2ccc(Cl)cc2)cc1. The summed E-state index contributed by atoms with van der Waals surface area (Å²) < 4.78 is 5.20. The number of aliphatic hydroxyl groups is 1. The van der Waals surface area contributed by atoms with E-state index in [2.05, 4.69) is 5.32 Å². The van der Waals surface area contributed by atoms with Gasteiger partial charge in [0.2, 0.25) is 0 Å². The first-order valence-corrected chi connectivity index (χ1v) is 8.44. The lowest BCUT2D eigenvalue weighted by Gasteiger charge is -2.26. The van der Waals surface area contributed by atoms with Crippen molar-refractivity contribution < 1.29 is 9.84 Å². The van der Waals surface area contributed by atoms with E-state index in [1.807, 2.05) is 66.7 Å². The van der Waals surface area contributed by atoms with Crippen LogP contribution in [-0.2, 0) is 0 Å². The fourth-order valence-corrected chi connectivity index (χ4v) is 2.85. The molecule has 0 saturated heterocycles. The van der Waals surface area contributed by atoms with Crippen molar-refractivity contribution in [2.24, 2.45) is 0 Å². The van der Waals surface area contributed by atoms with E-state index in [-0.39, 0.29) is 6.04 Å². The van der Waals surface area contributed by atoms with E-state index in [4.69, 9.17) is 16.3 Å². The van der Waals surface area contributed by atoms with Crippen molar-refractivity contribution in [2.45, 2.75) is 12.1 Å². The third-order valence-electron chi connectivity index (χ3n) is 4.10. The van der Waals surface area contributed by atoms with Gasteiger partial charge in [0.1, 0.15) is 11.9 Å². The monoisotopic (exact) mass is 353 g/mol. The Morgan fingerprint density at radius 3 is 2.08 bits per heavy atom. The number of aliphatic hydroxyl groups excluding tert-OH is 1. The maximum Gasteiger partial charge on any atom is 0.119 e. The summed E-state index contributed by atoms with van der Waals surface area (Å²) in [5, 5.41) is 15.0. The molecule has 0 fully saturated rings. The van der Waals surface area contributed by atoms with Crippen LogP contribution in [0, 0.1) is 0 Å². The van der Waals surface area contributed by atoms with E-state index >= 15 is 0 Å². The normalized spacial score (nSPS) is 13.1. The molecule has 2 atom stereocenters. The first-order valence-electron chi connectivity index (χ1n) is 8.06. The minimum Gasteiger partial charge on any atom is -0.497 e. The Morgan fingerprint density at radius 2 is 1.48 bits per heavy atom. The first kappa shape index (κ1) is 17.3. The van der Waals surface area contributed by atoms with Crippen LogP contribution >= 0.6 is 11.6 Å². The predicted octanol–water partition coefficient (Wildman–Crippen LogP) is 5.24. The average Bonchev–Trinajstić information content (AvgIpc) is 2.67. The highest BCUT2D eigenvalue weighted by molar-refractivity contribution is 6.30. The van der Waals surface area contributed by atoms with Gasteiger partial charge in [-0.2, -0.15) is 0 Å². The maximum absolute atomic E-state index is 11.0. The number of ether oxygens (including phenoxy) is 1. The molecule has 0 spiro atoms. The van der Waals surface area contributed by atoms with Gasteiger partial charge in [-0.05, 0) is 47.5 Å². The maximum atomic E-state index is 11.0. The molecule has 0 aliphatic heterocycles. The summed E-state index contributed by atoms with van der Waals surface area (Å²) in [4.78, 5) is 0. The molecule has 0 radical (unpaired) electrons. The Labute approximate surface area is 152 Å². The first-order chi connectivity index (χ1) is 12.2. The number of anilines is 1. The van der Waals surface area contributed by atoms with Crippen LogP contribution in [0.2, 0.25) is 5.02 Å². The zero-order valence-electron chi connectivity index (χ0n) is 13.9. The Bertz CT molecular complexity index is 788. The van der Waals surface area contributed by atoms with Crippen LogP contribution in [0.4, 0.5) is 5.69 Å². The second-order valence-corrected chi connectivity index (χ2v) is 6.19. The number of halogens is 1. The van der Waals surface area contributed by atoms with Gasteiger partial charge in [-0.3, -0.25) is 0 Å². The van der Waals surface area contributed by atoms with E-state index in [0.29, 0.717) is 5.02 Å². The summed E-state index contributed by atoms with van der Waals surface area (Å²) in [6.07, 6.45) is -0.721. The molecule has 0 amide bonds. The van der Waals surface area contributed by atoms with Crippen molar-refractivity contribution in [1.29, 1.82) is 0 Å². The van der Waals surface area contributed by atoms with Crippen molar-refractivity contribution in [1.82, 2.24) is 0 Å². The molecule has 0 bridgehead atoms. The summed E-state index contributed by atoms with van der Waals surface area (Å²) in [5.41, 5.74) is 2.71. The number of hydrogen-bond acceptors (Lipinski definition) is 3. The molecule has 4 heteroatoms. The van der Waals surface area contributed by atoms with E-state index in [9.17, 15) is 5.11 Å². The molecule has 3 rings (SSSR count). The summed E-state index contributed by atoms with van der Waals surface area (Å²) in [6.45, 7) is 0. The summed E-state index contributed by atoms with van der Waals surface area (Å²) in [5.74, 6) is 0.792. The molecular weight excluding hydrogens is 334 g/mol. The van der Waals surface area contributed by atoms with Crippen LogP contribution in [0.25, 0.3) is 0 Å². The lowest BCUT2D eigenvalue weighted by atomic mass is 9.95. The van der Waals surface area contributed by atoms with E-state index in [1.54, 1.807) is 19.2 Å². The average molecular weight is 354 g/mol. The molecular formula is C21H20ClNO2. The van der Waals surface area contributed by atoms with Gasteiger partial charge in [0.15, 0.2) is 0 Å². The Morgan fingerprint density at radius 1 is 0.840 bits per heavy atom. The number of rotatable bonds is 6. The molecule has 128 valence electrons. The van der Waals surface area contributed by atoms with Crippen LogP contribution in [0.5, 0.6) is 5.75 Å². The molecule has 2 N–H and O–H groups in total. The number of nitrogens with one attached hydrogen (secondary N) is 1. The fraction of sp³-hybridized carbons (Fsp3) is 0.143. The van der Waals surface area contributed by atoms with Crippen LogP contribution in [-0.4, -0.2) is 12.2 Å². The van der Waals surface area contributed by atoms with E-state index < -0.39 is 6.10 Å². The van der Waals surface area contributed by atoms with Gasteiger partial charge in [0, 0.05) is 10.7 Å². The van der Waals surface area contributed by atoms with Gasteiger partial charge in [0.25, 0.3) is 0 Å². The van der Waals surface area contributed by atoms with Crippen LogP contribution in [0.15, 0.2) is 78.9 Å². The number of methoxy groups -OCH3 is 1. The minimum atomic E-state index is -0.721. The molecule has 0 saturated carbocycles. The molecule has 0 heterocycles. The molecule has 0 aliphatic carbocycles. The van der Waals surface area contributed by atoms with Crippen molar-refractivity contribution >= 4 is 17.3 Å². The summed E-state index contributed by atoms with van der Waals surface area (Å²) in [6, 6.07) is 24.5. The number of benzene rings is 3. The van der Waals surface area contributed by atoms with Gasteiger partial charge in [-0.1, -0.05) is 54.1 Å². The second-order valence-electron chi connectivity index (χ2n) is 5.76. The van der Waals surface area contributed by atoms with Gasteiger partial charge in [0.05, 0.1) is 13.2 Å². The predicted molar refractivity (Wildman–Crippen MR) is 102 cm³/mol. The fourth-order valence-electron chi connectivity index (χ4n) is 2.72. The molecule has 3 aromatic rings. The van der Waals surface area contributed by atoms with Gasteiger partial charge in [-0.15, -0.1) is 0 Å². The van der Waals surface area contributed by atoms with Gasteiger partial charge < -0.3 is 15.2 Å². The third kappa shape index (κ3) is 4.32. The minimum absolute atomic E-state index is 0.296. The van der Waals surface area contributed by atoms with Crippen molar-refractivity contribution in [2.75, 3.05) is 12.4 Å². The van der Waals surface area contributed by atoms with Gasteiger partial charge in [-0.25, -0.2) is 0 Å². The highest BCUT2D eigenvalue weighted by Gasteiger charge is 2.22. The van der Waals surface area contributed by atoms with Crippen molar-refractivity contribution in [3.05, 3.63) is 95.0 Å². The largest absolute Gasteiger partial charge is 0.497 e. The molecule has 0 unspecified atom stereocenters. The molecule has 25 heavy (non-hydrogen) atoms. The standard InChI is InChI=1S/C21H20ClNO2/c1-25-19-13-11-18(12-14-19)23-20(15-5-3-2-4-6-15)21(24)16-7-9-17(22)10-8-16/h2-14,20-21,23-24H,1H3/t20-,21-/m1/s1. The van der Waals surface area contributed by atoms with E-state index in [0.717, 1.165) is 22.6 Å². The molecule has 3 nitrogen and oxygen atoms in total. The highest BCUT2D eigenvalue weighted by atomic mass is 35.5. The summed E-state index contributed by atoms with van der Waals surface area (Å²) >= 11 is 5.96. The smallest absolute Gasteiger partial charge is 0.119 e. The Hall–Kier alpha value is -2.49. The number of hydrogen-bond donors (Lipinski definition) is 2. The lowest BCUT2D eigenvalue weighted by molar-refractivity contribution is 0.155. The Kier molecular flexibility index (Phi) is 5.59. The zero-order chi connectivity index (χ0) is 17.6. The Balaban J connectivity index is 1.90. The molecule has 0 aliphatic rings. The van der Waals surface area contributed by atoms with Crippen molar-refractivity contribution in [3.8, 4) is 5.75 Å². The van der Waals surface area contributed by atoms with E-state index in [1.165, 1.54) is 0 Å². The van der Waals surface area contributed by atoms with Crippen LogP contribution in [0.1, 0.15) is 23.3 Å². The highest BCUT2D eigenvalue weighted by Crippen LogP contribution is 2.33. The van der Waals surface area contributed by atoms with Crippen molar-refractivity contribution in [3.63, 3.8) is 0 Å². The van der Waals surface area contributed by atoms with Crippen LogP contribution in [0.3, 0.4) is 0 Å². The van der Waals surface area contributed by atoms with Crippen LogP contribution < -0.4 is 10.1 Å². The molecule has 3 aromatic carbocycles. The molecule has 0 aromatic heterocycles. The second kappa shape index (κ2) is 8.06. The third-order valence-corrected chi connectivity index (χ3v) is 4.35. The quantitative estimate of drug-likeness (QED) is 0.637. The lowest BCUT2D eigenvalue weighted by Crippen LogP contribution is -2.19. The summed E-state index contributed by atoms with van der Waals surface area (Å²) in [7, 11) is 1.64. The van der Waals surface area contributed by atoms with Gasteiger partial charge >= 0.3 is 0 Å². The zero-order valence-corrected chi connectivity index (χ0v) is 14.6.